The van der Waals surface area contributed by atoms with Crippen LogP contribution in [0.25, 0.3) is 0 Å². The molecular weight excluding hydrogens is 490 g/mol. The molecule has 1 aliphatic heterocycles. The van der Waals surface area contributed by atoms with Gasteiger partial charge in [-0.15, -0.1) is 0 Å². The smallest absolute Gasteiger partial charge is 0.219 e. The van der Waals surface area contributed by atoms with Gasteiger partial charge in [-0.05, 0) is 61.1 Å². The van der Waals surface area contributed by atoms with Crippen LogP contribution >= 0.6 is 0 Å². The fourth-order valence-corrected chi connectivity index (χ4v) is 5.80. The van der Waals surface area contributed by atoms with Crippen LogP contribution in [0.3, 0.4) is 0 Å². The number of anilines is 1. The summed E-state index contributed by atoms with van der Waals surface area (Å²) in [6, 6.07) is 17.3. The van der Waals surface area contributed by atoms with Crippen molar-refractivity contribution in [2.75, 3.05) is 25.0 Å². The van der Waals surface area contributed by atoms with Gasteiger partial charge in [0.1, 0.15) is 0 Å². The van der Waals surface area contributed by atoms with Gasteiger partial charge in [0.2, 0.25) is 5.91 Å². The second-order valence-corrected chi connectivity index (χ2v) is 11.8. The number of nitrogens with one attached hydrogen (secondary N) is 1. The van der Waals surface area contributed by atoms with Gasteiger partial charge in [-0.1, -0.05) is 102 Å². The molecule has 1 aliphatic rings. The Balaban J connectivity index is 1.71. The third kappa shape index (κ3) is 7.41. The Labute approximate surface area is 243 Å². The number of allylic oxidation sites excluding steroid dienone is 6. The first-order valence-corrected chi connectivity index (χ1v) is 14.9. The predicted octanol–water partition coefficient (Wildman–Crippen LogP) is 8.22. The molecule has 2 aromatic rings. The van der Waals surface area contributed by atoms with Crippen molar-refractivity contribution in [1.82, 2.24) is 5.32 Å². The van der Waals surface area contributed by atoms with Gasteiger partial charge >= 0.3 is 0 Å². The number of unbranched alkanes of at least 4 members (excludes halogenated alkanes) is 2. The summed E-state index contributed by atoms with van der Waals surface area (Å²) in [6.45, 7) is 15.1. The SMILES string of the molecule is CCCNC(=O)CCCCCN1/C(=C/C=C/C=C/C(=N\C)C(C)(C)c2ccccc2C)C(C)(C)c2ccccc21. The molecule has 1 amide bonds. The minimum atomic E-state index is -0.175. The highest BCUT2D eigenvalue weighted by Gasteiger charge is 2.39. The zero-order chi connectivity index (χ0) is 29.2. The lowest BCUT2D eigenvalue weighted by atomic mass is 9.77. The van der Waals surface area contributed by atoms with E-state index in [-0.39, 0.29) is 16.7 Å². The molecule has 0 bridgehead atoms. The van der Waals surface area contributed by atoms with Crippen LogP contribution in [0.5, 0.6) is 0 Å². The van der Waals surface area contributed by atoms with Crippen molar-refractivity contribution in [3.8, 4) is 0 Å². The molecule has 0 saturated heterocycles. The Morgan fingerprint density at radius 1 is 1.00 bits per heavy atom. The number of hydrogen-bond acceptors (Lipinski definition) is 3. The zero-order valence-electron chi connectivity index (χ0n) is 25.8. The first kappa shape index (κ1) is 31.1. The quantitative estimate of drug-likeness (QED) is 0.158. The summed E-state index contributed by atoms with van der Waals surface area (Å²) >= 11 is 0. The highest BCUT2D eigenvalue weighted by molar-refractivity contribution is 6.03. The van der Waals surface area contributed by atoms with Crippen LogP contribution < -0.4 is 10.2 Å². The fraction of sp³-hybridized carbons (Fsp3) is 0.444. The highest BCUT2D eigenvalue weighted by atomic mass is 16.1. The number of carbonyl (C=O) groups is 1. The Bertz CT molecular complexity index is 1260. The van der Waals surface area contributed by atoms with E-state index >= 15 is 0 Å². The molecule has 4 nitrogen and oxygen atoms in total. The number of carbonyl (C=O) groups excluding carboxylic acids is 1. The first-order valence-electron chi connectivity index (χ1n) is 14.9. The van der Waals surface area contributed by atoms with E-state index < -0.39 is 0 Å². The molecule has 0 radical (unpaired) electrons. The van der Waals surface area contributed by atoms with E-state index in [1.165, 1.54) is 28.1 Å². The lowest BCUT2D eigenvalue weighted by Crippen LogP contribution is -2.28. The topological polar surface area (TPSA) is 44.7 Å². The molecule has 0 aromatic heterocycles. The standard InChI is InChI=1S/C36H49N3O/c1-8-26-38-34(40)25-13-10-18-27-39-31-22-17-16-21-30(31)36(5,6)33(39)24-12-9-11-23-32(37-7)35(3,4)29-20-15-14-19-28(29)2/h9,11-12,14-17,19-24H,8,10,13,18,25-27H2,1-7H3,(H,38,40)/b12-9+,23-11+,33-24+,37-32+. The van der Waals surface area contributed by atoms with Gasteiger partial charge in [-0.3, -0.25) is 9.79 Å². The highest BCUT2D eigenvalue weighted by Crippen LogP contribution is 2.47. The van der Waals surface area contributed by atoms with Crippen LogP contribution in [0.1, 0.15) is 83.4 Å². The van der Waals surface area contributed by atoms with Gasteiger partial charge in [0.15, 0.2) is 0 Å². The molecule has 1 heterocycles. The fourth-order valence-electron chi connectivity index (χ4n) is 5.80. The van der Waals surface area contributed by atoms with Crippen LogP contribution in [-0.2, 0) is 15.6 Å². The zero-order valence-corrected chi connectivity index (χ0v) is 25.8. The van der Waals surface area contributed by atoms with Crippen molar-refractivity contribution in [1.29, 1.82) is 0 Å². The molecule has 2 aromatic carbocycles. The second-order valence-electron chi connectivity index (χ2n) is 11.8. The lowest BCUT2D eigenvalue weighted by molar-refractivity contribution is -0.121. The summed E-state index contributed by atoms with van der Waals surface area (Å²) in [5.74, 6) is 0.173. The van der Waals surface area contributed by atoms with Gasteiger partial charge in [0.25, 0.3) is 0 Å². The van der Waals surface area contributed by atoms with E-state index in [0.717, 1.165) is 44.5 Å². The van der Waals surface area contributed by atoms with Crippen molar-refractivity contribution in [2.24, 2.45) is 4.99 Å². The number of hydrogen-bond donors (Lipinski definition) is 1. The average molecular weight is 540 g/mol. The van der Waals surface area contributed by atoms with Gasteiger partial charge < -0.3 is 10.2 Å². The van der Waals surface area contributed by atoms with Crippen molar-refractivity contribution < 1.29 is 4.79 Å². The third-order valence-electron chi connectivity index (χ3n) is 8.09. The maximum atomic E-state index is 11.9. The van der Waals surface area contributed by atoms with Gasteiger partial charge in [-0.2, -0.15) is 0 Å². The Morgan fingerprint density at radius 3 is 2.45 bits per heavy atom. The van der Waals surface area contributed by atoms with Crippen LogP contribution in [0, 0.1) is 6.92 Å². The van der Waals surface area contributed by atoms with Crippen LogP contribution in [-0.4, -0.2) is 31.8 Å². The Morgan fingerprint density at radius 2 is 1.73 bits per heavy atom. The number of nitrogens with zero attached hydrogens (tertiary/aromatic N) is 2. The number of fused-ring (bicyclic) bond motifs is 1. The number of amides is 1. The van der Waals surface area contributed by atoms with Crippen molar-refractivity contribution >= 4 is 17.3 Å². The maximum absolute atomic E-state index is 11.9. The van der Waals surface area contributed by atoms with E-state index in [1.54, 1.807) is 0 Å². The monoisotopic (exact) mass is 539 g/mol. The average Bonchev–Trinajstić information content (AvgIpc) is 3.15. The summed E-state index contributed by atoms with van der Waals surface area (Å²) in [6.07, 6.45) is 15.4. The molecular formula is C36H49N3O. The summed E-state index contributed by atoms with van der Waals surface area (Å²) in [7, 11) is 1.87. The third-order valence-corrected chi connectivity index (χ3v) is 8.09. The summed E-state index contributed by atoms with van der Waals surface area (Å²) < 4.78 is 0. The van der Waals surface area contributed by atoms with Crippen LogP contribution in [0.15, 0.2) is 89.6 Å². The number of aryl methyl sites for hydroxylation is 1. The molecule has 4 heteroatoms. The van der Waals surface area contributed by atoms with Gasteiger partial charge in [0, 0.05) is 54.5 Å². The molecule has 214 valence electrons. The predicted molar refractivity (Wildman–Crippen MR) is 173 cm³/mol. The minimum Gasteiger partial charge on any atom is -0.356 e. The lowest BCUT2D eigenvalue weighted by Gasteiger charge is -2.27. The molecule has 0 saturated carbocycles. The van der Waals surface area contributed by atoms with Crippen molar-refractivity contribution in [3.05, 3.63) is 101 Å². The van der Waals surface area contributed by atoms with Crippen LogP contribution in [0.4, 0.5) is 5.69 Å². The van der Waals surface area contributed by atoms with Crippen LogP contribution in [0.2, 0.25) is 0 Å². The minimum absolute atomic E-state index is 0.0758. The maximum Gasteiger partial charge on any atom is 0.219 e. The molecule has 1 N–H and O–H groups in total. The molecule has 0 unspecified atom stereocenters. The molecule has 0 aliphatic carbocycles. The molecule has 0 atom stereocenters. The second kappa shape index (κ2) is 14.3. The van der Waals surface area contributed by atoms with Crippen molar-refractivity contribution in [3.63, 3.8) is 0 Å². The van der Waals surface area contributed by atoms with E-state index in [1.807, 2.05) is 7.05 Å². The number of para-hydroxylation sites is 1. The van der Waals surface area contributed by atoms with E-state index in [2.05, 4.69) is 136 Å². The summed E-state index contributed by atoms with van der Waals surface area (Å²) in [5, 5.41) is 2.98. The number of rotatable bonds is 13. The number of aliphatic imine (C=N–C) groups is 1. The first-order chi connectivity index (χ1) is 19.1. The van der Waals surface area contributed by atoms with Gasteiger partial charge in [-0.25, -0.2) is 0 Å². The molecule has 40 heavy (non-hydrogen) atoms. The number of benzene rings is 2. The van der Waals surface area contributed by atoms with E-state index in [4.69, 9.17) is 0 Å². The molecule has 0 spiro atoms. The summed E-state index contributed by atoms with van der Waals surface area (Å²) in [4.78, 5) is 19.1. The van der Waals surface area contributed by atoms with Gasteiger partial charge in [0.05, 0.1) is 0 Å². The molecule has 3 rings (SSSR count). The summed E-state index contributed by atoms with van der Waals surface area (Å²) in [5.41, 5.74) is 7.35. The van der Waals surface area contributed by atoms with E-state index in [0.29, 0.717) is 6.42 Å². The Kier molecular flexibility index (Phi) is 11.1. The normalized spacial score (nSPS) is 16.3. The van der Waals surface area contributed by atoms with Crippen molar-refractivity contribution in [2.45, 2.75) is 84.5 Å². The van der Waals surface area contributed by atoms with E-state index in [9.17, 15) is 4.79 Å². The largest absolute Gasteiger partial charge is 0.356 e. The molecule has 0 fully saturated rings. The Hall–Kier alpha value is -3.40.